The Labute approximate surface area is 314 Å². The molecule has 1 aromatic heterocycles. The lowest BCUT2D eigenvalue weighted by Crippen LogP contribution is -2.32. The highest BCUT2D eigenvalue weighted by Crippen LogP contribution is 2.15. The molecule has 0 saturated carbocycles. The third kappa shape index (κ3) is 34.5. The van der Waals surface area contributed by atoms with Gasteiger partial charge in [-0.05, 0) is 12.8 Å². The third-order valence-electron chi connectivity index (χ3n) is 9.64. The average molecular weight is 745 g/mol. The van der Waals surface area contributed by atoms with Gasteiger partial charge in [0.15, 0.2) is 0 Å². The van der Waals surface area contributed by atoms with E-state index in [2.05, 4.69) is 18.8 Å². The summed E-state index contributed by atoms with van der Waals surface area (Å²) < 4.78 is 56.7. The summed E-state index contributed by atoms with van der Waals surface area (Å²) in [6.07, 6.45) is 40.8. The molecule has 0 spiro atoms. The maximum atomic E-state index is 11.4. The van der Waals surface area contributed by atoms with E-state index in [4.69, 9.17) is 18.4 Å². The number of hydrogen-bond acceptors (Lipinski definition) is 7. The van der Waals surface area contributed by atoms with Gasteiger partial charge in [-0.3, -0.25) is 4.55 Å². The number of aromatic nitrogens is 2. The van der Waals surface area contributed by atoms with E-state index >= 15 is 0 Å². The van der Waals surface area contributed by atoms with Gasteiger partial charge in [-0.15, -0.1) is 0 Å². The summed E-state index contributed by atoms with van der Waals surface area (Å²) in [6, 6.07) is 0. The van der Waals surface area contributed by atoms with Crippen molar-refractivity contribution in [2.45, 2.75) is 212 Å². The quantitative estimate of drug-likeness (QED) is 0.0521. The lowest BCUT2D eigenvalue weighted by atomic mass is 10.0. The standard InChI is InChI=1S/C41H80N2O7S/c1-3-5-7-9-11-13-15-17-19-21-23-25-27-29-33-47-37-41(38-48-36-40(50-51(44,45)46)35-43-32-31-42-39-43)49-34-30-28-26-24-22-20-18-16-14-12-10-8-6-4-2/h31-32,39-41H,3-30,33-38H2,1-2H3,(H,44,45,46). The van der Waals surface area contributed by atoms with Crippen LogP contribution >= 0.6 is 0 Å². The van der Waals surface area contributed by atoms with Crippen LogP contribution in [0, 0.1) is 0 Å². The number of ether oxygens (including phenoxy) is 3. The maximum absolute atomic E-state index is 11.4. The van der Waals surface area contributed by atoms with E-state index in [1.165, 1.54) is 161 Å². The molecular weight excluding hydrogens is 665 g/mol. The SMILES string of the molecule is CCCCCCCCCCCCCCCCOCC(COCC(Cn1ccnc1)OS(=O)(=O)O)OCCCCCCCCCCCCCCCC. The zero-order valence-electron chi connectivity index (χ0n) is 33.1. The summed E-state index contributed by atoms with van der Waals surface area (Å²) in [4.78, 5) is 3.98. The van der Waals surface area contributed by atoms with Crippen molar-refractivity contribution in [1.82, 2.24) is 9.55 Å². The van der Waals surface area contributed by atoms with Crippen LogP contribution in [0.2, 0.25) is 0 Å². The van der Waals surface area contributed by atoms with Crippen molar-refractivity contribution in [3.05, 3.63) is 18.7 Å². The molecule has 0 saturated heterocycles. The molecule has 302 valence electrons. The molecule has 2 atom stereocenters. The Balaban J connectivity index is 2.25. The molecule has 10 heteroatoms. The third-order valence-corrected chi connectivity index (χ3v) is 10.2. The second-order valence-electron chi connectivity index (χ2n) is 14.7. The molecule has 1 rings (SSSR count). The Hall–Kier alpha value is -1.04. The fraction of sp³-hybridized carbons (Fsp3) is 0.927. The van der Waals surface area contributed by atoms with Gasteiger partial charge >= 0.3 is 10.4 Å². The molecule has 0 aliphatic rings. The van der Waals surface area contributed by atoms with Crippen LogP contribution in [0.3, 0.4) is 0 Å². The Morgan fingerprint density at radius 1 is 0.549 bits per heavy atom. The number of imidazole rings is 1. The van der Waals surface area contributed by atoms with Crippen LogP contribution in [0.25, 0.3) is 0 Å². The largest absolute Gasteiger partial charge is 0.397 e. The summed E-state index contributed by atoms with van der Waals surface area (Å²) in [5.41, 5.74) is 0. The zero-order valence-corrected chi connectivity index (χ0v) is 33.9. The maximum Gasteiger partial charge on any atom is 0.397 e. The fourth-order valence-corrected chi connectivity index (χ4v) is 7.01. The smallest absolute Gasteiger partial charge is 0.379 e. The predicted molar refractivity (Wildman–Crippen MR) is 211 cm³/mol. The highest BCUT2D eigenvalue weighted by atomic mass is 32.3. The predicted octanol–water partition coefficient (Wildman–Crippen LogP) is 11.5. The summed E-state index contributed by atoms with van der Waals surface area (Å²) in [6.45, 7) is 6.75. The van der Waals surface area contributed by atoms with E-state index in [1.54, 1.807) is 23.3 Å². The van der Waals surface area contributed by atoms with E-state index in [0.29, 0.717) is 19.8 Å². The lowest BCUT2D eigenvalue weighted by molar-refractivity contribution is -0.0719. The van der Waals surface area contributed by atoms with Crippen LogP contribution in [0.1, 0.15) is 194 Å². The summed E-state index contributed by atoms with van der Waals surface area (Å²) in [5.74, 6) is 0. The molecular formula is C41H80N2O7S. The number of nitrogens with zero attached hydrogens (tertiary/aromatic N) is 2. The van der Waals surface area contributed by atoms with Crippen molar-refractivity contribution < 1.29 is 31.4 Å². The number of unbranched alkanes of at least 4 members (excludes halogenated alkanes) is 26. The van der Waals surface area contributed by atoms with Gasteiger partial charge < -0.3 is 18.8 Å². The zero-order chi connectivity index (χ0) is 36.9. The minimum absolute atomic E-state index is 0.0182. The van der Waals surface area contributed by atoms with E-state index in [1.807, 2.05) is 0 Å². The second kappa shape index (κ2) is 36.0. The summed E-state index contributed by atoms with van der Waals surface area (Å²) in [5, 5.41) is 0. The van der Waals surface area contributed by atoms with Crippen LogP contribution in [0.15, 0.2) is 18.7 Å². The molecule has 2 unspecified atom stereocenters. The highest BCUT2D eigenvalue weighted by Gasteiger charge is 2.20. The van der Waals surface area contributed by atoms with Crippen LogP contribution in [0.4, 0.5) is 0 Å². The first-order chi connectivity index (χ1) is 24.9. The lowest BCUT2D eigenvalue weighted by Gasteiger charge is -2.21. The first-order valence-electron chi connectivity index (χ1n) is 21.3. The minimum Gasteiger partial charge on any atom is -0.379 e. The van der Waals surface area contributed by atoms with Crippen molar-refractivity contribution in [3.63, 3.8) is 0 Å². The van der Waals surface area contributed by atoms with Gasteiger partial charge in [-0.2, -0.15) is 8.42 Å². The van der Waals surface area contributed by atoms with Crippen molar-refractivity contribution in [1.29, 1.82) is 0 Å². The van der Waals surface area contributed by atoms with E-state index in [-0.39, 0.29) is 25.9 Å². The van der Waals surface area contributed by atoms with Crippen LogP contribution < -0.4 is 0 Å². The molecule has 0 radical (unpaired) electrons. The molecule has 0 aromatic carbocycles. The first kappa shape index (κ1) is 48.0. The molecule has 1 N–H and O–H groups in total. The van der Waals surface area contributed by atoms with Gasteiger partial charge in [-0.1, -0.05) is 181 Å². The van der Waals surface area contributed by atoms with Gasteiger partial charge in [0.2, 0.25) is 0 Å². The Bertz CT molecular complexity index is 932. The Morgan fingerprint density at radius 3 is 1.35 bits per heavy atom. The van der Waals surface area contributed by atoms with E-state index in [0.717, 1.165) is 19.3 Å². The Kier molecular flexibility index (Phi) is 33.8. The van der Waals surface area contributed by atoms with E-state index in [9.17, 15) is 13.0 Å². The topological polar surface area (TPSA) is 109 Å². The molecule has 0 fully saturated rings. The average Bonchev–Trinajstić information content (AvgIpc) is 3.61. The second-order valence-corrected chi connectivity index (χ2v) is 15.8. The first-order valence-corrected chi connectivity index (χ1v) is 22.7. The minimum atomic E-state index is -4.62. The highest BCUT2D eigenvalue weighted by molar-refractivity contribution is 7.80. The number of hydrogen-bond donors (Lipinski definition) is 1. The fourth-order valence-electron chi connectivity index (χ4n) is 6.55. The molecule has 0 aliphatic carbocycles. The molecule has 9 nitrogen and oxygen atoms in total. The monoisotopic (exact) mass is 745 g/mol. The Morgan fingerprint density at radius 2 is 0.941 bits per heavy atom. The number of rotatable bonds is 41. The van der Waals surface area contributed by atoms with Crippen LogP contribution in [0.5, 0.6) is 0 Å². The van der Waals surface area contributed by atoms with Gasteiger partial charge in [-0.25, -0.2) is 9.17 Å². The molecule has 0 amide bonds. The van der Waals surface area contributed by atoms with Gasteiger partial charge in [0, 0.05) is 25.6 Å². The van der Waals surface area contributed by atoms with Crippen molar-refractivity contribution in [3.8, 4) is 0 Å². The van der Waals surface area contributed by atoms with Crippen molar-refractivity contribution >= 4 is 10.4 Å². The molecule has 1 aromatic rings. The van der Waals surface area contributed by atoms with Crippen LogP contribution in [-0.2, 0) is 35.3 Å². The van der Waals surface area contributed by atoms with E-state index < -0.39 is 16.5 Å². The summed E-state index contributed by atoms with van der Waals surface area (Å²) in [7, 11) is -4.62. The summed E-state index contributed by atoms with van der Waals surface area (Å²) >= 11 is 0. The molecule has 0 bridgehead atoms. The normalized spacial score (nSPS) is 13.2. The van der Waals surface area contributed by atoms with Crippen molar-refractivity contribution in [2.24, 2.45) is 0 Å². The van der Waals surface area contributed by atoms with Crippen molar-refractivity contribution in [2.75, 3.05) is 33.0 Å². The van der Waals surface area contributed by atoms with Gasteiger partial charge in [0.25, 0.3) is 0 Å². The molecule has 0 aliphatic heterocycles. The molecule has 51 heavy (non-hydrogen) atoms. The molecule has 1 heterocycles. The van der Waals surface area contributed by atoms with Gasteiger partial charge in [0.1, 0.15) is 12.2 Å². The van der Waals surface area contributed by atoms with Gasteiger partial charge in [0.05, 0.1) is 32.7 Å². The van der Waals surface area contributed by atoms with Crippen LogP contribution in [-0.4, -0.2) is 67.8 Å².